The van der Waals surface area contributed by atoms with Crippen molar-refractivity contribution < 1.29 is 0 Å². The molecule has 0 fully saturated rings. The van der Waals surface area contributed by atoms with E-state index in [9.17, 15) is 0 Å². The summed E-state index contributed by atoms with van der Waals surface area (Å²) < 4.78 is 2.92. The molecule has 0 aliphatic rings. The average molecular weight is 322 g/mol. The molecular formula is C12H16ClN9. The monoisotopic (exact) mass is 321 g/mol. The summed E-state index contributed by atoms with van der Waals surface area (Å²) in [4.78, 5) is 12.9. The van der Waals surface area contributed by atoms with Crippen molar-refractivity contribution in [2.24, 2.45) is 0 Å². The van der Waals surface area contributed by atoms with Crippen LogP contribution < -0.4 is 11.5 Å². The molecule has 0 atom stereocenters. The molecule has 116 valence electrons. The Morgan fingerprint density at radius 2 is 1.18 bits per heavy atom. The summed E-state index contributed by atoms with van der Waals surface area (Å²) in [5.74, 6) is 2.09. The van der Waals surface area contributed by atoms with E-state index < -0.39 is 0 Å². The highest BCUT2D eigenvalue weighted by Crippen LogP contribution is 2.14. The van der Waals surface area contributed by atoms with Crippen LogP contribution in [0.2, 0.25) is 0 Å². The number of anilines is 2. The van der Waals surface area contributed by atoms with Gasteiger partial charge < -0.3 is 11.5 Å². The van der Waals surface area contributed by atoms with E-state index in [0.29, 0.717) is 29.4 Å². The Labute approximate surface area is 132 Å². The Balaban J connectivity index is 0.00000176. The smallest absolute Gasteiger partial charge is 0.257 e. The molecule has 4 N–H and O–H groups in total. The molecule has 0 aliphatic carbocycles. The summed E-state index contributed by atoms with van der Waals surface area (Å²) in [6.45, 7) is 5.45. The number of rotatable bonds is 2. The molecule has 0 radical (unpaired) electrons. The zero-order chi connectivity index (χ0) is 15.1. The van der Waals surface area contributed by atoms with Crippen LogP contribution in [0.25, 0.3) is 11.9 Å². The lowest BCUT2D eigenvalue weighted by Crippen LogP contribution is -2.14. The van der Waals surface area contributed by atoms with E-state index in [2.05, 4.69) is 25.1 Å². The summed E-state index contributed by atoms with van der Waals surface area (Å²) in [5.41, 5.74) is 13.4. The summed E-state index contributed by atoms with van der Waals surface area (Å²) in [7, 11) is 0. The normalized spacial score (nSPS) is 10.5. The SMILES string of the molecule is Cc1cc(N)n(-c2nc(C)nc(-n3nc(C)cc3N)n2)n1.Cl. The molecule has 0 unspecified atom stereocenters. The van der Waals surface area contributed by atoms with Gasteiger partial charge in [0.1, 0.15) is 17.5 Å². The van der Waals surface area contributed by atoms with E-state index in [4.69, 9.17) is 11.5 Å². The van der Waals surface area contributed by atoms with Crippen LogP contribution in [-0.4, -0.2) is 34.5 Å². The molecule has 10 heteroatoms. The molecule has 0 amide bonds. The number of halogens is 1. The lowest BCUT2D eigenvalue weighted by Gasteiger charge is -2.07. The lowest BCUT2D eigenvalue weighted by molar-refractivity contribution is 0.732. The van der Waals surface area contributed by atoms with Gasteiger partial charge in [0, 0.05) is 12.1 Å². The molecule has 3 aromatic heterocycles. The van der Waals surface area contributed by atoms with Crippen molar-refractivity contribution >= 4 is 24.0 Å². The second-order valence-corrected chi connectivity index (χ2v) is 4.73. The van der Waals surface area contributed by atoms with E-state index in [1.165, 1.54) is 9.36 Å². The standard InChI is InChI=1S/C12H15N9.ClH/c1-6-4-9(13)20(18-6)11-15-8(3)16-12(17-11)21-10(14)5-7(2)19-21;/h4-5H,13-14H2,1-3H3;1H. The van der Waals surface area contributed by atoms with Gasteiger partial charge in [-0.2, -0.15) is 34.5 Å². The number of aryl methyl sites for hydroxylation is 3. The van der Waals surface area contributed by atoms with E-state index in [1.54, 1.807) is 19.1 Å². The van der Waals surface area contributed by atoms with Crippen LogP contribution in [0.3, 0.4) is 0 Å². The average Bonchev–Trinajstić information content (AvgIpc) is 2.90. The third-order valence-electron chi connectivity index (χ3n) is 2.82. The fourth-order valence-corrected chi connectivity index (χ4v) is 2.00. The van der Waals surface area contributed by atoms with Gasteiger partial charge in [-0.1, -0.05) is 0 Å². The van der Waals surface area contributed by atoms with Crippen LogP contribution in [0.5, 0.6) is 0 Å². The Bertz CT molecular complexity index is 756. The Morgan fingerprint density at radius 1 is 0.773 bits per heavy atom. The number of nitrogens with zero attached hydrogens (tertiary/aromatic N) is 7. The number of aromatic nitrogens is 7. The van der Waals surface area contributed by atoms with Crippen molar-refractivity contribution in [1.29, 1.82) is 0 Å². The van der Waals surface area contributed by atoms with Crippen LogP contribution in [-0.2, 0) is 0 Å². The fourth-order valence-electron chi connectivity index (χ4n) is 2.00. The van der Waals surface area contributed by atoms with Gasteiger partial charge in [0.25, 0.3) is 11.9 Å². The second-order valence-electron chi connectivity index (χ2n) is 4.73. The minimum absolute atomic E-state index is 0. The predicted molar refractivity (Wildman–Crippen MR) is 84.4 cm³/mol. The van der Waals surface area contributed by atoms with E-state index >= 15 is 0 Å². The third-order valence-corrected chi connectivity index (χ3v) is 2.82. The van der Waals surface area contributed by atoms with Gasteiger partial charge in [0.2, 0.25) is 0 Å². The molecule has 0 saturated carbocycles. The van der Waals surface area contributed by atoms with Crippen LogP contribution in [0.1, 0.15) is 17.2 Å². The zero-order valence-electron chi connectivity index (χ0n) is 12.3. The van der Waals surface area contributed by atoms with Crippen molar-refractivity contribution in [3.8, 4) is 11.9 Å². The van der Waals surface area contributed by atoms with Crippen molar-refractivity contribution in [2.75, 3.05) is 11.5 Å². The Hall–Kier alpha value is -2.68. The molecule has 9 nitrogen and oxygen atoms in total. The van der Waals surface area contributed by atoms with Crippen molar-refractivity contribution in [3.63, 3.8) is 0 Å². The predicted octanol–water partition coefficient (Wildman–Crippen LogP) is 0.754. The number of hydrogen-bond acceptors (Lipinski definition) is 7. The van der Waals surface area contributed by atoms with Crippen molar-refractivity contribution in [2.45, 2.75) is 20.8 Å². The highest BCUT2D eigenvalue weighted by Gasteiger charge is 2.13. The second kappa shape index (κ2) is 5.60. The first-order valence-electron chi connectivity index (χ1n) is 6.32. The van der Waals surface area contributed by atoms with Gasteiger partial charge in [-0.05, 0) is 20.8 Å². The van der Waals surface area contributed by atoms with Crippen LogP contribution in [0, 0.1) is 20.8 Å². The minimum Gasteiger partial charge on any atom is -0.383 e. The summed E-state index contributed by atoms with van der Waals surface area (Å²) in [5, 5.41) is 8.52. The van der Waals surface area contributed by atoms with Crippen molar-refractivity contribution in [3.05, 3.63) is 29.3 Å². The largest absolute Gasteiger partial charge is 0.383 e. The van der Waals surface area contributed by atoms with Crippen molar-refractivity contribution in [1.82, 2.24) is 34.5 Å². The maximum absolute atomic E-state index is 5.90. The van der Waals surface area contributed by atoms with Gasteiger partial charge in [0.15, 0.2) is 0 Å². The maximum Gasteiger partial charge on any atom is 0.257 e. The third kappa shape index (κ3) is 2.70. The topological polar surface area (TPSA) is 126 Å². The number of hydrogen-bond donors (Lipinski definition) is 2. The Kier molecular flexibility index (Phi) is 4.00. The summed E-state index contributed by atoms with van der Waals surface area (Å²) >= 11 is 0. The van der Waals surface area contributed by atoms with Crippen LogP contribution in [0.15, 0.2) is 12.1 Å². The van der Waals surface area contributed by atoms with E-state index in [0.717, 1.165) is 11.4 Å². The number of nitrogens with two attached hydrogens (primary N) is 2. The molecule has 0 aromatic carbocycles. The van der Waals surface area contributed by atoms with Gasteiger partial charge in [0.05, 0.1) is 11.4 Å². The van der Waals surface area contributed by atoms with Crippen LogP contribution in [0.4, 0.5) is 11.6 Å². The highest BCUT2D eigenvalue weighted by atomic mass is 35.5. The molecular weight excluding hydrogens is 306 g/mol. The lowest BCUT2D eigenvalue weighted by atomic mass is 10.5. The summed E-state index contributed by atoms with van der Waals surface area (Å²) in [6, 6.07) is 3.48. The summed E-state index contributed by atoms with van der Waals surface area (Å²) in [6.07, 6.45) is 0. The molecule has 3 aromatic rings. The first-order valence-corrected chi connectivity index (χ1v) is 6.32. The fraction of sp³-hybridized carbons (Fsp3) is 0.250. The van der Waals surface area contributed by atoms with E-state index in [-0.39, 0.29) is 12.4 Å². The van der Waals surface area contributed by atoms with E-state index in [1.807, 2.05) is 13.8 Å². The molecule has 22 heavy (non-hydrogen) atoms. The van der Waals surface area contributed by atoms with Gasteiger partial charge >= 0.3 is 0 Å². The molecule has 0 aliphatic heterocycles. The highest BCUT2D eigenvalue weighted by molar-refractivity contribution is 5.85. The quantitative estimate of drug-likeness (QED) is 0.713. The molecule has 0 saturated heterocycles. The first-order chi connectivity index (χ1) is 9.94. The zero-order valence-corrected chi connectivity index (χ0v) is 13.2. The minimum atomic E-state index is 0. The first kappa shape index (κ1) is 15.7. The van der Waals surface area contributed by atoms with Gasteiger partial charge in [-0.3, -0.25) is 0 Å². The number of nitrogen functional groups attached to an aromatic ring is 2. The Morgan fingerprint density at radius 3 is 1.50 bits per heavy atom. The molecule has 0 bridgehead atoms. The molecule has 0 spiro atoms. The molecule has 3 rings (SSSR count). The van der Waals surface area contributed by atoms with Gasteiger partial charge in [-0.25, -0.2) is 0 Å². The van der Waals surface area contributed by atoms with Crippen LogP contribution >= 0.6 is 12.4 Å². The maximum atomic E-state index is 5.90. The van der Waals surface area contributed by atoms with Gasteiger partial charge in [-0.15, -0.1) is 12.4 Å². The molecule has 3 heterocycles.